The first-order chi connectivity index (χ1) is 10.5. The zero-order valence-electron chi connectivity index (χ0n) is 12.9. The van der Waals surface area contributed by atoms with Crippen LogP contribution >= 0.6 is 23.4 Å². The van der Waals surface area contributed by atoms with Crippen LogP contribution in [0.1, 0.15) is 22.3 Å². The van der Waals surface area contributed by atoms with Crippen LogP contribution in [0.4, 0.5) is 0 Å². The second-order valence-electron chi connectivity index (χ2n) is 5.36. The van der Waals surface area contributed by atoms with Gasteiger partial charge in [0.1, 0.15) is 0 Å². The third-order valence-corrected chi connectivity index (χ3v) is 4.59. The van der Waals surface area contributed by atoms with Crippen molar-refractivity contribution >= 4 is 29.3 Å². The van der Waals surface area contributed by atoms with Gasteiger partial charge in [0.2, 0.25) is 5.91 Å². The number of rotatable bonds is 6. The number of aryl methyl sites for hydroxylation is 2. The topological polar surface area (TPSA) is 29.1 Å². The van der Waals surface area contributed by atoms with Crippen LogP contribution in [0.3, 0.4) is 0 Å². The van der Waals surface area contributed by atoms with Crippen molar-refractivity contribution in [1.29, 1.82) is 0 Å². The molecule has 0 aliphatic carbocycles. The highest BCUT2D eigenvalue weighted by molar-refractivity contribution is 7.99. The lowest BCUT2D eigenvalue weighted by Crippen LogP contribution is -2.24. The molecule has 0 aliphatic heterocycles. The second-order valence-corrected chi connectivity index (χ2v) is 6.75. The zero-order valence-corrected chi connectivity index (χ0v) is 14.4. The molecule has 0 bridgehead atoms. The maximum Gasteiger partial charge on any atom is 0.230 e. The van der Waals surface area contributed by atoms with Gasteiger partial charge in [0.15, 0.2) is 0 Å². The lowest BCUT2D eigenvalue weighted by Gasteiger charge is -2.07. The summed E-state index contributed by atoms with van der Waals surface area (Å²) in [5.74, 6) is 1.34. The fourth-order valence-corrected chi connectivity index (χ4v) is 3.29. The molecule has 0 saturated carbocycles. The third kappa shape index (κ3) is 5.39. The molecule has 2 nitrogen and oxygen atoms in total. The quantitative estimate of drug-likeness (QED) is 0.842. The van der Waals surface area contributed by atoms with Crippen molar-refractivity contribution in [3.63, 3.8) is 0 Å². The molecular weight excluding hydrogens is 314 g/mol. The standard InChI is InChI=1S/C18H20ClNOS/c1-13-7-14(2)9-15(8-13)11-22-12-18(21)20-10-16-5-3-4-6-17(16)19/h3-9H,10-12H2,1-2H3,(H,20,21). The molecule has 2 rings (SSSR count). The van der Waals surface area contributed by atoms with Crippen molar-refractivity contribution in [1.82, 2.24) is 5.32 Å². The van der Waals surface area contributed by atoms with E-state index in [2.05, 4.69) is 37.4 Å². The molecule has 0 saturated heterocycles. The first-order valence-corrected chi connectivity index (χ1v) is 8.73. The Hall–Kier alpha value is -1.45. The van der Waals surface area contributed by atoms with E-state index in [1.807, 2.05) is 24.3 Å². The van der Waals surface area contributed by atoms with E-state index in [-0.39, 0.29) is 5.91 Å². The van der Waals surface area contributed by atoms with E-state index in [1.54, 1.807) is 11.8 Å². The Morgan fingerprint density at radius 2 is 1.82 bits per heavy atom. The molecule has 0 radical (unpaired) electrons. The molecule has 0 unspecified atom stereocenters. The Labute approximate surface area is 141 Å². The summed E-state index contributed by atoms with van der Waals surface area (Å²) in [5.41, 5.74) is 4.73. The molecule has 22 heavy (non-hydrogen) atoms. The predicted molar refractivity (Wildman–Crippen MR) is 95.4 cm³/mol. The highest BCUT2D eigenvalue weighted by atomic mass is 35.5. The first-order valence-electron chi connectivity index (χ1n) is 7.19. The third-order valence-electron chi connectivity index (χ3n) is 3.22. The molecule has 1 amide bonds. The fourth-order valence-electron chi connectivity index (χ4n) is 2.30. The fraction of sp³-hybridized carbons (Fsp3) is 0.278. The van der Waals surface area contributed by atoms with Crippen molar-refractivity contribution < 1.29 is 4.79 Å². The zero-order chi connectivity index (χ0) is 15.9. The second kappa shape index (κ2) is 8.25. The maximum atomic E-state index is 11.9. The largest absolute Gasteiger partial charge is 0.351 e. The molecule has 4 heteroatoms. The minimum Gasteiger partial charge on any atom is -0.351 e. The minimum absolute atomic E-state index is 0.0364. The number of carbonyl (C=O) groups is 1. The van der Waals surface area contributed by atoms with Crippen LogP contribution < -0.4 is 5.32 Å². The molecule has 2 aromatic carbocycles. The monoisotopic (exact) mass is 333 g/mol. The summed E-state index contributed by atoms with van der Waals surface area (Å²) in [7, 11) is 0. The minimum atomic E-state index is 0.0364. The Morgan fingerprint density at radius 1 is 1.14 bits per heavy atom. The maximum absolute atomic E-state index is 11.9. The summed E-state index contributed by atoms with van der Waals surface area (Å²) in [5, 5.41) is 3.59. The lowest BCUT2D eigenvalue weighted by atomic mass is 10.1. The Bertz CT molecular complexity index is 637. The molecular formula is C18H20ClNOS. The average Bonchev–Trinajstić information content (AvgIpc) is 2.45. The van der Waals surface area contributed by atoms with Crippen molar-refractivity contribution in [3.05, 3.63) is 69.7 Å². The summed E-state index contributed by atoms with van der Waals surface area (Å²) >= 11 is 7.69. The van der Waals surface area contributed by atoms with E-state index in [9.17, 15) is 4.79 Å². The molecule has 2 aromatic rings. The van der Waals surface area contributed by atoms with Crippen LogP contribution in [0.25, 0.3) is 0 Å². The van der Waals surface area contributed by atoms with E-state index in [0.717, 1.165) is 11.3 Å². The SMILES string of the molecule is Cc1cc(C)cc(CSCC(=O)NCc2ccccc2Cl)c1. The molecule has 0 atom stereocenters. The molecule has 0 aliphatic rings. The predicted octanol–water partition coefficient (Wildman–Crippen LogP) is 4.51. The van der Waals surface area contributed by atoms with Gasteiger partial charge in [-0.05, 0) is 31.0 Å². The van der Waals surface area contributed by atoms with Gasteiger partial charge in [0.25, 0.3) is 0 Å². The van der Waals surface area contributed by atoms with Crippen LogP contribution in [0.2, 0.25) is 5.02 Å². The van der Waals surface area contributed by atoms with Crippen molar-refractivity contribution in [3.8, 4) is 0 Å². The van der Waals surface area contributed by atoms with Gasteiger partial charge in [0, 0.05) is 17.3 Å². The number of nitrogens with one attached hydrogen (secondary N) is 1. The Kier molecular flexibility index (Phi) is 6.34. The van der Waals surface area contributed by atoms with Crippen molar-refractivity contribution in [2.75, 3.05) is 5.75 Å². The van der Waals surface area contributed by atoms with Gasteiger partial charge in [-0.3, -0.25) is 4.79 Å². The highest BCUT2D eigenvalue weighted by Crippen LogP contribution is 2.16. The first kappa shape index (κ1) is 16.9. The smallest absolute Gasteiger partial charge is 0.230 e. The highest BCUT2D eigenvalue weighted by Gasteiger charge is 2.04. The number of carbonyl (C=O) groups excluding carboxylic acids is 1. The summed E-state index contributed by atoms with van der Waals surface area (Å²) in [4.78, 5) is 11.9. The van der Waals surface area contributed by atoms with E-state index in [1.165, 1.54) is 16.7 Å². The molecule has 0 aromatic heterocycles. The molecule has 0 spiro atoms. The summed E-state index contributed by atoms with van der Waals surface area (Å²) < 4.78 is 0. The van der Waals surface area contributed by atoms with Crippen LogP contribution in [0, 0.1) is 13.8 Å². The number of amides is 1. The van der Waals surface area contributed by atoms with Gasteiger partial charge in [-0.1, -0.05) is 59.1 Å². The number of benzene rings is 2. The summed E-state index contributed by atoms with van der Waals surface area (Å²) in [6.45, 7) is 4.66. The van der Waals surface area contributed by atoms with Crippen molar-refractivity contribution in [2.24, 2.45) is 0 Å². The number of hydrogen-bond acceptors (Lipinski definition) is 2. The van der Waals surface area contributed by atoms with Gasteiger partial charge < -0.3 is 5.32 Å². The van der Waals surface area contributed by atoms with Crippen LogP contribution in [0.5, 0.6) is 0 Å². The van der Waals surface area contributed by atoms with Gasteiger partial charge in [-0.25, -0.2) is 0 Å². The lowest BCUT2D eigenvalue weighted by molar-refractivity contribution is -0.118. The van der Waals surface area contributed by atoms with Gasteiger partial charge in [0.05, 0.1) is 5.75 Å². The van der Waals surface area contributed by atoms with Crippen LogP contribution in [-0.2, 0) is 17.1 Å². The van der Waals surface area contributed by atoms with Crippen molar-refractivity contribution in [2.45, 2.75) is 26.1 Å². The summed E-state index contributed by atoms with van der Waals surface area (Å²) in [6.07, 6.45) is 0. The Balaban J connectivity index is 1.75. The van der Waals surface area contributed by atoms with Gasteiger partial charge in [-0.15, -0.1) is 11.8 Å². The molecule has 0 fully saturated rings. The molecule has 116 valence electrons. The molecule has 0 heterocycles. The van der Waals surface area contributed by atoms with E-state index >= 15 is 0 Å². The van der Waals surface area contributed by atoms with Crippen LogP contribution in [0.15, 0.2) is 42.5 Å². The van der Waals surface area contributed by atoms with E-state index in [4.69, 9.17) is 11.6 Å². The Morgan fingerprint density at radius 3 is 2.50 bits per heavy atom. The normalized spacial score (nSPS) is 10.5. The van der Waals surface area contributed by atoms with Crippen LogP contribution in [-0.4, -0.2) is 11.7 Å². The number of hydrogen-bond donors (Lipinski definition) is 1. The van der Waals surface area contributed by atoms with Gasteiger partial charge >= 0.3 is 0 Å². The van der Waals surface area contributed by atoms with E-state index in [0.29, 0.717) is 17.3 Å². The molecule has 1 N–H and O–H groups in total. The summed E-state index contributed by atoms with van der Waals surface area (Å²) in [6, 6.07) is 14.0. The average molecular weight is 334 g/mol. The number of halogens is 1. The number of thioether (sulfide) groups is 1. The van der Waals surface area contributed by atoms with E-state index < -0.39 is 0 Å². The van der Waals surface area contributed by atoms with Gasteiger partial charge in [-0.2, -0.15) is 0 Å².